The van der Waals surface area contributed by atoms with Crippen molar-refractivity contribution in [2.45, 2.75) is 77.4 Å². The Labute approximate surface area is 625 Å². The predicted molar refractivity (Wildman–Crippen MR) is 387 cm³/mol. The molecule has 0 spiro atoms. The van der Waals surface area contributed by atoms with Crippen LogP contribution in [-0.2, 0) is 63.5 Å². The summed E-state index contributed by atoms with van der Waals surface area (Å²) in [6, 6.07) is 47.9. The number of carbonyl (C=O) groups is 3. The first-order chi connectivity index (χ1) is 50.8. The molecule has 0 bridgehead atoms. The number of thiocarbonyl (C=S) groups is 1. The van der Waals surface area contributed by atoms with Gasteiger partial charge >= 0.3 is 25.4 Å². The molecular formula is C70H67FN14O20SZn-2. The third-order valence-corrected chi connectivity index (χ3v) is 15.0. The molecule has 4 aromatic heterocycles. The molecule has 1 atom stereocenters. The Balaban J connectivity index is 0.00000110. The van der Waals surface area contributed by atoms with Gasteiger partial charge in [0.05, 0.1) is 55.3 Å². The zero-order chi connectivity index (χ0) is 76.9. The number of pyridine rings is 4. The van der Waals surface area contributed by atoms with Crippen LogP contribution in [0.25, 0.3) is 33.4 Å². The number of amides is 2. The van der Waals surface area contributed by atoms with E-state index in [1.54, 1.807) is 49.1 Å². The van der Waals surface area contributed by atoms with Gasteiger partial charge in [0.2, 0.25) is 5.91 Å². The largest absolute Gasteiger partial charge is 2.00 e. The van der Waals surface area contributed by atoms with E-state index >= 15 is 0 Å². The molecule has 2 amide bonds. The van der Waals surface area contributed by atoms with Gasteiger partial charge in [-0.15, -0.1) is 0 Å². The number of hydrogen-bond donors (Lipinski definition) is 6. The summed E-state index contributed by atoms with van der Waals surface area (Å²) >= 11 is 5.78. The van der Waals surface area contributed by atoms with Gasteiger partial charge in [0.25, 0.3) is 5.91 Å². The number of hydrogen-bond acceptors (Lipinski definition) is 26. The van der Waals surface area contributed by atoms with E-state index < -0.39 is 38.2 Å². The summed E-state index contributed by atoms with van der Waals surface area (Å²) in [6.45, 7) is 4.52. The van der Waals surface area contributed by atoms with Crippen molar-refractivity contribution in [2.24, 2.45) is 0 Å². The number of phenols is 1. The Hall–Kier alpha value is -12.9. The predicted octanol–water partition coefficient (Wildman–Crippen LogP) is 10.4. The number of benzene rings is 5. The first-order valence-corrected chi connectivity index (χ1v) is 32.2. The minimum absolute atomic E-state index is 0. The number of halogens is 1. The van der Waals surface area contributed by atoms with Crippen molar-refractivity contribution in [3.63, 3.8) is 0 Å². The van der Waals surface area contributed by atoms with Crippen molar-refractivity contribution in [3.05, 3.63) is 317 Å². The molecule has 554 valence electrons. The number of aromatic carboxylic acids is 1. The summed E-state index contributed by atoms with van der Waals surface area (Å²) < 4.78 is 26.1. The normalized spacial score (nSPS) is 10.6. The molecule has 0 saturated heterocycles. The molecular weight excluding hydrogens is 1470 g/mol. The molecule has 0 radical (unpaired) electrons. The monoisotopic (exact) mass is 1540 g/mol. The van der Waals surface area contributed by atoms with E-state index in [0.717, 1.165) is 33.9 Å². The van der Waals surface area contributed by atoms with E-state index in [2.05, 4.69) is 69.2 Å². The van der Waals surface area contributed by atoms with Gasteiger partial charge in [-0.3, -0.25) is 44.1 Å². The van der Waals surface area contributed by atoms with E-state index in [1.807, 2.05) is 72.8 Å². The summed E-state index contributed by atoms with van der Waals surface area (Å²) in [5.74, 6) is -1.52. The van der Waals surface area contributed by atoms with Crippen molar-refractivity contribution in [1.82, 2.24) is 45.7 Å². The standard InChI is InChI=1S/C70H67FN10O8S.4NO3.Zn/c71-50-20-18-49(19-21-50)67(84)76-32-10-5-17-63(79-70(90)78-51-22-25-59(62(38-51)69(86)87)66-60-26-23-56(82)39-64(60)89-65-40-57(83)24-27-61(65)66)68(85)77-33-11-12-34-88-58-36-47(41-80(43-52-13-1-6-28-72-52)44-53-14-2-7-29-73-53)35-48(37-58)42-81(45-54-15-3-8-30-74-54)46-55-16-4-9-31-75-55;4*2-1(3)4;/h1-4,6-9,13-16,18-31,35-40,63,82H,5,10-12,17,32-34,41-46H2,(H,76,84)(H,77,85)(H,86,87)(H2,78,79,90);;;;;/q;4*-1;+2/i71-1;;;;;. The SMILES string of the molecule is O=C(NCCCCC(NC(=S)Nc1ccc(-c2c3ccc(=O)cc-3oc3cc(O)ccc23)c(C(=O)O)c1)C(=O)NCCCCOc1cc(CN(Cc2ccccn2)Cc2ccccn2)cc(CN(Cc2ccccn2)Cc2ccccn2)c1)c1ccc([18F])cc1.O=[N+]([O-])[O-].O=[N+]([O-])[O-].O=[N+]([O-])[O-].O=[N+]([O-])[O-].[Zn+2]. The van der Waals surface area contributed by atoms with Crippen LogP contribution in [0.4, 0.5) is 10.1 Å². The number of carboxylic acid groups (broad SMARTS) is 1. The molecule has 8 aromatic rings. The van der Waals surface area contributed by atoms with Crippen molar-refractivity contribution in [2.75, 3.05) is 25.0 Å². The fourth-order valence-electron chi connectivity index (χ4n) is 10.6. The molecule has 1 aliphatic heterocycles. The molecule has 5 heterocycles. The average Bonchev–Trinajstić information content (AvgIpc) is 0.748. The summed E-state index contributed by atoms with van der Waals surface area (Å²) in [4.78, 5) is 109. The summed E-state index contributed by atoms with van der Waals surface area (Å²) in [5.41, 5.74) is 7.62. The topological polar surface area (TPSA) is 502 Å². The molecule has 107 heavy (non-hydrogen) atoms. The summed E-state index contributed by atoms with van der Waals surface area (Å²) in [5, 5.41) is 92.6. The average molecular weight is 1540 g/mol. The second-order valence-corrected chi connectivity index (χ2v) is 23.0. The van der Waals surface area contributed by atoms with Crippen LogP contribution in [0.1, 0.15) is 86.7 Å². The molecule has 2 aliphatic rings. The van der Waals surface area contributed by atoms with Crippen LogP contribution in [0.2, 0.25) is 0 Å². The Morgan fingerprint density at radius 1 is 0.570 bits per heavy atom. The molecule has 4 aromatic carbocycles. The van der Waals surface area contributed by atoms with E-state index in [9.17, 15) is 33.8 Å². The number of carboxylic acids is 1. The number of nitrogens with one attached hydrogen (secondary N) is 4. The second-order valence-electron chi connectivity index (χ2n) is 22.6. The van der Waals surface area contributed by atoms with Crippen LogP contribution < -0.4 is 31.4 Å². The number of carbonyl (C=O) groups excluding carboxylic acids is 2. The van der Waals surface area contributed by atoms with Gasteiger partial charge in [0.1, 0.15) is 34.7 Å². The van der Waals surface area contributed by atoms with Gasteiger partial charge in [-0.05, 0) is 182 Å². The number of aromatic hydroxyl groups is 1. The Morgan fingerprint density at radius 3 is 1.54 bits per heavy atom. The number of fused-ring (bicyclic) bond motifs is 2. The van der Waals surface area contributed by atoms with Crippen molar-refractivity contribution in [3.8, 4) is 33.9 Å². The Kier molecular flexibility index (Phi) is 35.4. The third-order valence-electron chi connectivity index (χ3n) is 14.8. The zero-order valence-electron chi connectivity index (χ0n) is 56.7. The molecule has 34 nitrogen and oxygen atoms in total. The summed E-state index contributed by atoms with van der Waals surface area (Å²) in [7, 11) is 0. The van der Waals surface area contributed by atoms with Crippen molar-refractivity contribution in [1.29, 1.82) is 0 Å². The van der Waals surface area contributed by atoms with Gasteiger partial charge in [-0.2, -0.15) is 0 Å². The fourth-order valence-corrected chi connectivity index (χ4v) is 10.9. The smallest absolute Gasteiger partial charge is 0.508 e. The third kappa shape index (κ3) is 31.3. The minimum Gasteiger partial charge on any atom is -0.508 e. The van der Waals surface area contributed by atoms with E-state index in [0.29, 0.717) is 130 Å². The molecule has 1 unspecified atom stereocenters. The Bertz CT molecular complexity index is 4320. The number of phenolic OH excluding ortho intramolecular Hbond substituents is 1. The van der Waals surface area contributed by atoms with Crippen LogP contribution >= 0.6 is 12.2 Å². The molecule has 6 N–H and O–H groups in total. The van der Waals surface area contributed by atoms with E-state index in [4.69, 9.17) is 82.7 Å². The number of nitrogens with zero attached hydrogens (tertiary/aromatic N) is 10. The molecule has 0 fully saturated rings. The van der Waals surface area contributed by atoms with Gasteiger partial charge in [-0.1, -0.05) is 36.4 Å². The molecule has 0 saturated carbocycles. The maximum Gasteiger partial charge on any atom is 2.00 e. The molecule has 10 rings (SSSR count). The zero-order valence-corrected chi connectivity index (χ0v) is 60.4. The van der Waals surface area contributed by atoms with Crippen molar-refractivity contribution >= 4 is 51.8 Å². The van der Waals surface area contributed by atoms with E-state index in [1.165, 1.54) is 54.6 Å². The number of rotatable bonds is 29. The van der Waals surface area contributed by atoms with Gasteiger partial charge in [0, 0.05) is 117 Å². The number of ether oxygens (including phenoxy) is 1. The number of anilines is 1. The number of unbranched alkanes of at least 4 members (excludes halogenated alkanes) is 2. The first kappa shape index (κ1) is 84.8. The van der Waals surface area contributed by atoms with E-state index in [-0.39, 0.29) is 64.5 Å². The Morgan fingerprint density at radius 2 is 1.06 bits per heavy atom. The molecule has 37 heteroatoms. The van der Waals surface area contributed by atoms with Gasteiger partial charge in [-0.25, -0.2) is 9.18 Å². The van der Waals surface area contributed by atoms with Crippen LogP contribution in [0.5, 0.6) is 11.5 Å². The summed E-state index contributed by atoms with van der Waals surface area (Å²) in [6.07, 6.45) is 9.71. The first-order valence-electron chi connectivity index (χ1n) is 31.8. The molecule has 1 aliphatic carbocycles. The second kappa shape index (κ2) is 44.6. The van der Waals surface area contributed by atoms with Gasteiger partial charge < -0.3 is 102 Å². The van der Waals surface area contributed by atoms with Crippen LogP contribution in [0, 0.1) is 67.1 Å². The van der Waals surface area contributed by atoms with Crippen LogP contribution in [0.15, 0.2) is 204 Å². The maximum absolute atomic E-state index is 14.1. The van der Waals surface area contributed by atoms with Crippen LogP contribution in [-0.4, -0.2) is 109 Å². The quantitative estimate of drug-likeness (QED) is 0.00633. The number of aromatic nitrogens is 4. The van der Waals surface area contributed by atoms with Crippen LogP contribution in [0.3, 0.4) is 0 Å². The van der Waals surface area contributed by atoms with Gasteiger partial charge in [0.15, 0.2) is 10.5 Å². The van der Waals surface area contributed by atoms with Crippen molar-refractivity contribution < 1.29 is 78.0 Å². The maximum atomic E-state index is 14.1. The fraction of sp³-hybridized carbons (Fsp3) is 0.214. The minimum atomic E-state index is -1.75.